The summed E-state index contributed by atoms with van der Waals surface area (Å²) in [5, 5.41) is 21.4. The molecule has 0 amide bonds. The number of hydrogen-bond acceptors (Lipinski definition) is 6. The van der Waals surface area contributed by atoms with Gasteiger partial charge in [0, 0.05) is 23.4 Å². The highest BCUT2D eigenvalue weighted by atomic mass is 32.1. The summed E-state index contributed by atoms with van der Waals surface area (Å²) in [7, 11) is 0. The van der Waals surface area contributed by atoms with Gasteiger partial charge in [0.15, 0.2) is 0 Å². The molecule has 0 unspecified atom stereocenters. The Morgan fingerprint density at radius 1 is 1.16 bits per heavy atom. The second kappa shape index (κ2) is 7.18. The Morgan fingerprint density at radius 2 is 1.96 bits per heavy atom. The van der Waals surface area contributed by atoms with Crippen molar-refractivity contribution in [2.75, 3.05) is 13.1 Å². The zero-order valence-corrected chi connectivity index (χ0v) is 14.6. The van der Waals surface area contributed by atoms with Crippen molar-refractivity contribution in [3.05, 3.63) is 58.1 Å². The highest BCUT2D eigenvalue weighted by Crippen LogP contribution is 2.30. The van der Waals surface area contributed by atoms with E-state index in [1.807, 2.05) is 41.1 Å². The van der Waals surface area contributed by atoms with E-state index >= 15 is 0 Å². The quantitative estimate of drug-likeness (QED) is 0.710. The minimum absolute atomic E-state index is 0.345. The summed E-state index contributed by atoms with van der Waals surface area (Å²) >= 11 is 1.63. The van der Waals surface area contributed by atoms with E-state index in [2.05, 4.69) is 21.2 Å². The third-order valence-corrected chi connectivity index (χ3v) is 5.32. The average molecular weight is 350 g/mol. The minimum atomic E-state index is 0.345. The molecule has 25 heavy (non-hydrogen) atoms. The Balaban J connectivity index is 1.34. The predicted molar refractivity (Wildman–Crippen MR) is 96.0 cm³/mol. The fourth-order valence-electron chi connectivity index (χ4n) is 3.18. The van der Waals surface area contributed by atoms with Gasteiger partial charge in [-0.3, -0.25) is 4.90 Å². The van der Waals surface area contributed by atoms with Crippen LogP contribution in [0.15, 0.2) is 45.5 Å². The van der Waals surface area contributed by atoms with Gasteiger partial charge in [0.05, 0.1) is 11.6 Å². The lowest BCUT2D eigenvalue weighted by atomic mass is 9.96. The van der Waals surface area contributed by atoms with Crippen molar-refractivity contribution < 1.29 is 4.42 Å². The number of benzene rings is 1. The summed E-state index contributed by atoms with van der Waals surface area (Å²) in [4.78, 5) is 2.44. The number of rotatable bonds is 4. The summed E-state index contributed by atoms with van der Waals surface area (Å²) in [6.07, 6.45) is 2.06. The van der Waals surface area contributed by atoms with Crippen LogP contribution in [-0.4, -0.2) is 28.2 Å². The van der Waals surface area contributed by atoms with Crippen LogP contribution in [0.25, 0.3) is 11.5 Å². The Kier molecular flexibility index (Phi) is 4.59. The van der Waals surface area contributed by atoms with Gasteiger partial charge in [0.2, 0.25) is 11.8 Å². The number of piperidine rings is 1. The summed E-state index contributed by atoms with van der Waals surface area (Å²) in [6.45, 7) is 2.95. The molecule has 1 aliphatic heterocycles. The van der Waals surface area contributed by atoms with Crippen molar-refractivity contribution >= 4 is 11.3 Å². The molecule has 1 aliphatic rings. The van der Waals surface area contributed by atoms with Crippen LogP contribution >= 0.6 is 11.3 Å². The maximum Gasteiger partial charge on any atom is 0.248 e. The fraction of sp³-hybridized carbons (Fsp3) is 0.316. The molecule has 1 aromatic carbocycles. The van der Waals surface area contributed by atoms with E-state index < -0.39 is 0 Å². The first-order valence-corrected chi connectivity index (χ1v) is 9.33. The minimum Gasteiger partial charge on any atom is -0.420 e. The molecule has 2 aromatic heterocycles. The van der Waals surface area contributed by atoms with Crippen molar-refractivity contribution in [3.63, 3.8) is 0 Å². The van der Waals surface area contributed by atoms with E-state index in [1.165, 1.54) is 5.56 Å². The zero-order chi connectivity index (χ0) is 17.1. The standard InChI is InChI=1S/C19H18N4OS/c20-11-14-1-3-15(4-2-14)12-23-8-5-16(6-9-23)18-21-22-19(24-18)17-7-10-25-13-17/h1-4,7,10,13,16H,5-6,8-9,12H2. The van der Waals surface area contributed by atoms with Crippen LogP contribution in [0, 0.1) is 11.3 Å². The first-order valence-electron chi connectivity index (χ1n) is 8.39. The molecule has 0 saturated carbocycles. The number of nitrogens with zero attached hydrogens (tertiary/aromatic N) is 4. The highest BCUT2D eigenvalue weighted by molar-refractivity contribution is 7.08. The topological polar surface area (TPSA) is 66.0 Å². The molecule has 0 aliphatic carbocycles. The monoisotopic (exact) mass is 350 g/mol. The molecule has 6 heteroatoms. The van der Waals surface area contributed by atoms with Gasteiger partial charge in [-0.05, 0) is 55.1 Å². The normalized spacial score (nSPS) is 16.0. The van der Waals surface area contributed by atoms with Crippen LogP contribution in [0.1, 0.15) is 35.8 Å². The van der Waals surface area contributed by atoms with Gasteiger partial charge < -0.3 is 4.42 Å². The maximum atomic E-state index is 8.87. The Morgan fingerprint density at radius 3 is 2.64 bits per heavy atom. The first kappa shape index (κ1) is 16.0. The van der Waals surface area contributed by atoms with Crippen LogP contribution < -0.4 is 0 Å². The summed E-state index contributed by atoms with van der Waals surface area (Å²) in [5.41, 5.74) is 2.96. The Labute approximate surface area is 150 Å². The van der Waals surface area contributed by atoms with Gasteiger partial charge in [-0.2, -0.15) is 16.6 Å². The fourth-order valence-corrected chi connectivity index (χ4v) is 3.81. The molecular formula is C19H18N4OS. The van der Waals surface area contributed by atoms with E-state index in [0.717, 1.165) is 43.9 Å². The lowest BCUT2D eigenvalue weighted by Crippen LogP contribution is -2.32. The molecule has 3 aromatic rings. The predicted octanol–water partition coefficient (Wildman–Crippen LogP) is 4.05. The smallest absolute Gasteiger partial charge is 0.248 e. The Hall–Kier alpha value is -2.49. The van der Waals surface area contributed by atoms with Crippen molar-refractivity contribution in [2.45, 2.75) is 25.3 Å². The van der Waals surface area contributed by atoms with Crippen LogP contribution in [-0.2, 0) is 6.54 Å². The molecule has 5 nitrogen and oxygen atoms in total. The largest absolute Gasteiger partial charge is 0.420 e. The van der Waals surface area contributed by atoms with Crippen LogP contribution in [0.3, 0.4) is 0 Å². The van der Waals surface area contributed by atoms with Crippen LogP contribution in [0.2, 0.25) is 0 Å². The number of hydrogen-bond donors (Lipinski definition) is 0. The SMILES string of the molecule is N#Cc1ccc(CN2CCC(c3nnc(-c4ccsc4)o3)CC2)cc1. The second-order valence-corrected chi connectivity index (χ2v) is 7.10. The van der Waals surface area contributed by atoms with Crippen molar-refractivity contribution in [1.82, 2.24) is 15.1 Å². The molecule has 1 fully saturated rings. The summed E-state index contributed by atoms with van der Waals surface area (Å²) in [5.74, 6) is 1.73. The molecule has 0 N–H and O–H groups in total. The number of likely N-dealkylation sites (tertiary alicyclic amines) is 1. The lowest BCUT2D eigenvalue weighted by Gasteiger charge is -2.30. The van der Waals surface area contributed by atoms with E-state index in [4.69, 9.17) is 9.68 Å². The number of aromatic nitrogens is 2. The first-order chi connectivity index (χ1) is 12.3. The number of nitriles is 1. The molecule has 126 valence electrons. The lowest BCUT2D eigenvalue weighted by molar-refractivity contribution is 0.193. The molecular weight excluding hydrogens is 332 g/mol. The number of thiophene rings is 1. The molecule has 0 bridgehead atoms. The van der Waals surface area contributed by atoms with Gasteiger partial charge in [0.1, 0.15) is 0 Å². The van der Waals surface area contributed by atoms with Gasteiger partial charge in [-0.15, -0.1) is 10.2 Å². The summed E-state index contributed by atoms with van der Waals surface area (Å²) in [6, 6.07) is 12.0. The van der Waals surface area contributed by atoms with Crippen molar-refractivity contribution in [1.29, 1.82) is 5.26 Å². The highest BCUT2D eigenvalue weighted by Gasteiger charge is 2.25. The molecule has 3 heterocycles. The van der Waals surface area contributed by atoms with Crippen molar-refractivity contribution in [2.24, 2.45) is 0 Å². The molecule has 4 rings (SSSR count). The third-order valence-electron chi connectivity index (χ3n) is 4.63. The zero-order valence-electron chi connectivity index (χ0n) is 13.8. The van der Waals surface area contributed by atoms with E-state index in [-0.39, 0.29) is 0 Å². The van der Waals surface area contributed by atoms with Gasteiger partial charge >= 0.3 is 0 Å². The van der Waals surface area contributed by atoms with Gasteiger partial charge in [-0.1, -0.05) is 12.1 Å². The van der Waals surface area contributed by atoms with Crippen LogP contribution in [0.5, 0.6) is 0 Å². The Bertz CT molecular complexity index is 856. The molecule has 0 radical (unpaired) electrons. The molecule has 0 atom stereocenters. The maximum absolute atomic E-state index is 8.87. The van der Waals surface area contributed by atoms with Gasteiger partial charge in [0.25, 0.3) is 0 Å². The van der Waals surface area contributed by atoms with E-state index in [1.54, 1.807) is 11.3 Å². The van der Waals surface area contributed by atoms with E-state index in [0.29, 0.717) is 17.4 Å². The van der Waals surface area contributed by atoms with Crippen molar-refractivity contribution in [3.8, 4) is 17.5 Å². The summed E-state index contributed by atoms with van der Waals surface area (Å²) < 4.78 is 5.88. The van der Waals surface area contributed by atoms with E-state index in [9.17, 15) is 0 Å². The third kappa shape index (κ3) is 3.63. The molecule has 1 saturated heterocycles. The van der Waals surface area contributed by atoms with Gasteiger partial charge in [-0.25, -0.2) is 0 Å². The second-order valence-electron chi connectivity index (χ2n) is 6.32. The van der Waals surface area contributed by atoms with Crippen LogP contribution in [0.4, 0.5) is 0 Å². The average Bonchev–Trinajstić information content (AvgIpc) is 3.35. The molecule has 0 spiro atoms.